The van der Waals surface area contributed by atoms with Crippen LogP contribution in [0.5, 0.6) is 0 Å². The Morgan fingerprint density at radius 3 is 2.74 bits per heavy atom. The summed E-state index contributed by atoms with van der Waals surface area (Å²) in [7, 11) is 0. The Morgan fingerprint density at radius 1 is 1.42 bits per heavy atom. The van der Waals surface area contributed by atoms with E-state index in [0.29, 0.717) is 12.1 Å². The van der Waals surface area contributed by atoms with E-state index in [1.165, 1.54) is 18.4 Å². The summed E-state index contributed by atoms with van der Waals surface area (Å²) in [6, 6.07) is 0.409. The van der Waals surface area contributed by atoms with Crippen LogP contribution in [0, 0.1) is 5.92 Å². The number of hydrogen-bond donors (Lipinski definition) is 1. The third-order valence-electron chi connectivity index (χ3n) is 3.77. The first kappa shape index (κ1) is 14.5. The van der Waals surface area contributed by atoms with Gasteiger partial charge in [0.05, 0.1) is 12.3 Å². The molecular weight excluding hydrogens is 238 g/mol. The Hall–Kier alpha value is -0.870. The molecule has 1 fully saturated rings. The highest BCUT2D eigenvalue weighted by Crippen LogP contribution is 2.36. The largest absolute Gasteiger partial charge is 0.377 e. The lowest BCUT2D eigenvalue weighted by Crippen LogP contribution is -2.44. The number of rotatable bonds is 9. The van der Waals surface area contributed by atoms with Gasteiger partial charge in [-0.05, 0) is 51.1 Å². The molecule has 1 aromatic rings. The molecule has 1 saturated carbocycles. The van der Waals surface area contributed by atoms with Gasteiger partial charge in [0.25, 0.3) is 0 Å². The molecule has 1 aliphatic rings. The van der Waals surface area contributed by atoms with E-state index in [4.69, 9.17) is 4.74 Å². The Bertz CT molecular complexity index is 373. The smallest absolute Gasteiger partial charge is 0.0759 e. The Morgan fingerprint density at radius 2 is 2.21 bits per heavy atom. The molecule has 2 atom stereocenters. The molecule has 0 amide bonds. The summed E-state index contributed by atoms with van der Waals surface area (Å²) in [5.74, 6) is 0.755. The minimum Gasteiger partial charge on any atom is -0.377 e. The van der Waals surface area contributed by atoms with E-state index < -0.39 is 0 Å². The van der Waals surface area contributed by atoms with Gasteiger partial charge in [-0.25, -0.2) is 0 Å². The summed E-state index contributed by atoms with van der Waals surface area (Å²) in [5, 5.41) is 7.96. The van der Waals surface area contributed by atoms with Crippen molar-refractivity contribution in [1.29, 1.82) is 0 Å². The van der Waals surface area contributed by atoms with Gasteiger partial charge in [0, 0.05) is 25.4 Å². The first-order chi connectivity index (χ1) is 9.28. The number of nitrogens with one attached hydrogen (secondary N) is 1. The second-order valence-corrected chi connectivity index (χ2v) is 5.33. The zero-order chi connectivity index (χ0) is 13.7. The van der Waals surface area contributed by atoms with Gasteiger partial charge in [0.1, 0.15) is 0 Å². The maximum absolute atomic E-state index is 6.00. The molecule has 1 aliphatic carbocycles. The molecule has 4 heteroatoms. The SMILES string of the molecule is CCNC(Cc1cnn(CC)c1)C(OCC)C1CC1. The summed E-state index contributed by atoms with van der Waals surface area (Å²) in [4.78, 5) is 0. The normalized spacial score (nSPS) is 18.5. The van der Waals surface area contributed by atoms with E-state index in [1.54, 1.807) is 0 Å². The van der Waals surface area contributed by atoms with Gasteiger partial charge in [-0.1, -0.05) is 6.92 Å². The van der Waals surface area contributed by atoms with Crippen molar-refractivity contribution in [2.45, 2.75) is 58.7 Å². The molecule has 1 heterocycles. The Kier molecular flexibility index (Phi) is 5.40. The average Bonchev–Trinajstić information content (AvgIpc) is 3.15. The molecule has 108 valence electrons. The van der Waals surface area contributed by atoms with E-state index in [9.17, 15) is 0 Å². The van der Waals surface area contributed by atoms with Crippen LogP contribution in [0.3, 0.4) is 0 Å². The number of likely N-dealkylation sites (N-methyl/N-ethyl adjacent to an activating group) is 1. The fourth-order valence-electron chi connectivity index (χ4n) is 2.70. The van der Waals surface area contributed by atoms with Crippen LogP contribution in [-0.4, -0.2) is 35.1 Å². The molecular formula is C15H27N3O. The van der Waals surface area contributed by atoms with E-state index >= 15 is 0 Å². The number of nitrogens with zero attached hydrogens (tertiary/aromatic N) is 2. The lowest BCUT2D eigenvalue weighted by atomic mass is 10.00. The zero-order valence-electron chi connectivity index (χ0n) is 12.4. The van der Waals surface area contributed by atoms with Crippen LogP contribution in [-0.2, 0) is 17.7 Å². The quantitative estimate of drug-likeness (QED) is 0.744. The van der Waals surface area contributed by atoms with E-state index in [1.807, 2.05) is 10.9 Å². The fraction of sp³-hybridized carbons (Fsp3) is 0.800. The summed E-state index contributed by atoms with van der Waals surface area (Å²) < 4.78 is 7.99. The summed E-state index contributed by atoms with van der Waals surface area (Å²) in [6.07, 6.45) is 8.15. The van der Waals surface area contributed by atoms with Crippen molar-refractivity contribution in [3.05, 3.63) is 18.0 Å². The first-order valence-electron chi connectivity index (χ1n) is 7.64. The average molecular weight is 265 g/mol. The fourth-order valence-corrected chi connectivity index (χ4v) is 2.70. The topological polar surface area (TPSA) is 39.1 Å². The number of ether oxygens (including phenoxy) is 1. The lowest BCUT2D eigenvalue weighted by Gasteiger charge is -2.27. The molecule has 2 rings (SSSR count). The van der Waals surface area contributed by atoms with Gasteiger partial charge in [0.2, 0.25) is 0 Å². The molecule has 4 nitrogen and oxygen atoms in total. The van der Waals surface area contributed by atoms with Crippen LogP contribution in [0.1, 0.15) is 39.2 Å². The summed E-state index contributed by atoms with van der Waals surface area (Å²) >= 11 is 0. The van der Waals surface area contributed by atoms with E-state index in [2.05, 4.69) is 37.4 Å². The molecule has 1 N–H and O–H groups in total. The predicted molar refractivity (Wildman–Crippen MR) is 77.2 cm³/mol. The van der Waals surface area contributed by atoms with Gasteiger partial charge >= 0.3 is 0 Å². The van der Waals surface area contributed by atoms with Crippen molar-refractivity contribution in [1.82, 2.24) is 15.1 Å². The summed E-state index contributed by atoms with van der Waals surface area (Å²) in [5.41, 5.74) is 1.30. The zero-order valence-corrected chi connectivity index (χ0v) is 12.4. The monoisotopic (exact) mass is 265 g/mol. The minimum atomic E-state index is 0.356. The number of aromatic nitrogens is 2. The van der Waals surface area contributed by atoms with Crippen LogP contribution in [0.2, 0.25) is 0 Å². The van der Waals surface area contributed by atoms with Gasteiger partial charge in [0.15, 0.2) is 0 Å². The van der Waals surface area contributed by atoms with Gasteiger partial charge in [-0.15, -0.1) is 0 Å². The van der Waals surface area contributed by atoms with E-state index in [0.717, 1.165) is 32.0 Å². The van der Waals surface area contributed by atoms with Crippen LogP contribution in [0.25, 0.3) is 0 Å². The Labute approximate surface area is 116 Å². The van der Waals surface area contributed by atoms with Crippen molar-refractivity contribution in [3.8, 4) is 0 Å². The third kappa shape index (κ3) is 4.05. The van der Waals surface area contributed by atoms with Gasteiger partial charge < -0.3 is 10.1 Å². The summed E-state index contributed by atoms with van der Waals surface area (Å²) in [6.45, 7) is 9.10. The van der Waals surface area contributed by atoms with Crippen LogP contribution >= 0.6 is 0 Å². The lowest BCUT2D eigenvalue weighted by molar-refractivity contribution is 0.0196. The van der Waals surface area contributed by atoms with Crippen molar-refractivity contribution >= 4 is 0 Å². The van der Waals surface area contributed by atoms with E-state index in [-0.39, 0.29) is 0 Å². The maximum Gasteiger partial charge on any atom is 0.0759 e. The van der Waals surface area contributed by atoms with Gasteiger partial charge in [-0.3, -0.25) is 4.68 Å². The number of hydrogen-bond acceptors (Lipinski definition) is 3. The van der Waals surface area contributed by atoms with Crippen LogP contribution in [0.15, 0.2) is 12.4 Å². The third-order valence-corrected chi connectivity index (χ3v) is 3.77. The van der Waals surface area contributed by atoms with Crippen molar-refractivity contribution in [3.63, 3.8) is 0 Å². The molecule has 0 aliphatic heterocycles. The highest BCUT2D eigenvalue weighted by Gasteiger charge is 2.37. The molecule has 19 heavy (non-hydrogen) atoms. The molecule has 0 aromatic carbocycles. The first-order valence-corrected chi connectivity index (χ1v) is 7.64. The highest BCUT2D eigenvalue weighted by molar-refractivity contribution is 5.08. The maximum atomic E-state index is 6.00. The van der Waals surface area contributed by atoms with Crippen LogP contribution in [0.4, 0.5) is 0 Å². The van der Waals surface area contributed by atoms with Crippen molar-refractivity contribution in [2.24, 2.45) is 5.92 Å². The standard InChI is InChI=1S/C15H27N3O/c1-4-16-14(15(19-6-3)13-7-8-13)9-12-10-17-18(5-2)11-12/h10-11,13-16H,4-9H2,1-3H3. The molecule has 0 spiro atoms. The van der Waals surface area contributed by atoms with Gasteiger partial charge in [-0.2, -0.15) is 5.10 Å². The second kappa shape index (κ2) is 7.06. The van der Waals surface area contributed by atoms with Crippen molar-refractivity contribution in [2.75, 3.05) is 13.2 Å². The number of aryl methyl sites for hydroxylation is 1. The Balaban J connectivity index is 2.00. The second-order valence-electron chi connectivity index (χ2n) is 5.33. The molecule has 2 unspecified atom stereocenters. The van der Waals surface area contributed by atoms with Crippen LogP contribution < -0.4 is 5.32 Å². The molecule has 0 bridgehead atoms. The van der Waals surface area contributed by atoms with Crippen molar-refractivity contribution < 1.29 is 4.74 Å². The minimum absolute atomic E-state index is 0.356. The highest BCUT2D eigenvalue weighted by atomic mass is 16.5. The molecule has 0 saturated heterocycles. The molecule has 1 aromatic heterocycles. The predicted octanol–water partition coefficient (Wildman–Crippen LogP) is 2.24. The molecule has 0 radical (unpaired) electrons.